The largest absolute Gasteiger partial charge is 0.460 e. The highest BCUT2D eigenvalue weighted by Gasteiger charge is 2.44. The minimum Gasteiger partial charge on any atom is -0.460 e. The van der Waals surface area contributed by atoms with Gasteiger partial charge in [-0.2, -0.15) is 4.98 Å². The van der Waals surface area contributed by atoms with Gasteiger partial charge in [-0.15, -0.1) is 6.42 Å². The molecule has 176 valence electrons. The molecule has 1 aliphatic rings. The van der Waals surface area contributed by atoms with Crippen molar-refractivity contribution in [2.24, 2.45) is 0 Å². The van der Waals surface area contributed by atoms with Gasteiger partial charge in [-0.3, -0.25) is 24.3 Å². The van der Waals surface area contributed by atoms with Crippen molar-refractivity contribution in [2.45, 2.75) is 71.6 Å². The van der Waals surface area contributed by atoms with E-state index in [9.17, 15) is 19.2 Å². The zero-order chi connectivity index (χ0) is 24.3. The summed E-state index contributed by atoms with van der Waals surface area (Å²) in [4.78, 5) is 56.4. The van der Waals surface area contributed by atoms with Crippen molar-refractivity contribution in [3.05, 3.63) is 16.7 Å². The number of aromatic nitrogens is 4. The smallest absolute Gasteiger partial charge is 0.333 e. The Morgan fingerprint density at radius 3 is 2.64 bits per heavy atom. The Balaban J connectivity index is 2.14. The van der Waals surface area contributed by atoms with Crippen molar-refractivity contribution in [1.29, 1.82) is 0 Å². The predicted molar refractivity (Wildman–Crippen MR) is 115 cm³/mol. The molecule has 12 nitrogen and oxygen atoms in total. The average molecular weight is 459 g/mol. The van der Waals surface area contributed by atoms with Gasteiger partial charge in [-0.1, -0.05) is 12.8 Å². The van der Waals surface area contributed by atoms with Gasteiger partial charge < -0.3 is 14.2 Å². The topological polar surface area (TPSA) is 144 Å². The van der Waals surface area contributed by atoms with E-state index in [4.69, 9.17) is 20.6 Å². The molecule has 33 heavy (non-hydrogen) atoms. The van der Waals surface area contributed by atoms with E-state index in [-0.39, 0.29) is 24.6 Å². The number of ether oxygens (including phenoxy) is 3. The summed E-state index contributed by atoms with van der Waals surface area (Å²) in [6, 6.07) is 0. The van der Waals surface area contributed by atoms with Crippen molar-refractivity contribution in [3.8, 4) is 12.3 Å². The number of hydrogen-bond donors (Lipinski definition) is 1. The van der Waals surface area contributed by atoms with Crippen molar-refractivity contribution < 1.29 is 28.6 Å². The molecule has 4 atom stereocenters. The summed E-state index contributed by atoms with van der Waals surface area (Å²) in [6.45, 7) is 5.59. The van der Waals surface area contributed by atoms with Gasteiger partial charge >= 0.3 is 17.6 Å². The zero-order valence-electron chi connectivity index (χ0n) is 18.7. The van der Waals surface area contributed by atoms with Crippen molar-refractivity contribution >= 4 is 35.0 Å². The van der Waals surface area contributed by atoms with Crippen LogP contribution in [0.15, 0.2) is 11.0 Å². The summed E-state index contributed by atoms with van der Waals surface area (Å²) in [5.41, 5.74) is -0.106. The Kier molecular flexibility index (Phi) is 7.13. The van der Waals surface area contributed by atoms with Gasteiger partial charge in [-0.25, -0.2) is 14.3 Å². The minimum absolute atomic E-state index is 0.0217. The number of terminal acetylenes is 1. The number of carbonyl (C=O) groups is 3. The Morgan fingerprint density at radius 2 is 2.06 bits per heavy atom. The van der Waals surface area contributed by atoms with Crippen LogP contribution in [0.4, 0.5) is 5.95 Å². The molecule has 1 amide bonds. The molecule has 3 rings (SSSR count). The lowest BCUT2D eigenvalue weighted by molar-refractivity contribution is -0.158. The van der Waals surface area contributed by atoms with E-state index in [0.717, 1.165) is 0 Å². The maximum atomic E-state index is 13.3. The highest BCUT2D eigenvalue weighted by Crippen LogP contribution is 2.35. The second kappa shape index (κ2) is 9.83. The number of nitrogens with zero attached hydrogens (tertiary/aromatic N) is 4. The number of imidazole rings is 1. The van der Waals surface area contributed by atoms with Crippen LogP contribution in [0.5, 0.6) is 0 Å². The first kappa shape index (κ1) is 23.9. The van der Waals surface area contributed by atoms with E-state index in [1.165, 1.54) is 36.1 Å². The molecule has 1 fully saturated rings. The second-order valence-electron chi connectivity index (χ2n) is 7.53. The molecule has 0 saturated carbocycles. The summed E-state index contributed by atoms with van der Waals surface area (Å²) in [7, 11) is 0. The van der Waals surface area contributed by atoms with E-state index in [2.05, 4.69) is 21.2 Å². The summed E-state index contributed by atoms with van der Waals surface area (Å²) in [5, 5.41) is 2.47. The van der Waals surface area contributed by atoms with Gasteiger partial charge in [0.2, 0.25) is 11.9 Å². The van der Waals surface area contributed by atoms with Crippen LogP contribution in [0.3, 0.4) is 0 Å². The number of carbonyl (C=O) groups excluding carboxylic acids is 3. The molecule has 0 radical (unpaired) electrons. The Bertz CT molecular complexity index is 1180. The third-order valence-corrected chi connectivity index (χ3v) is 5.05. The van der Waals surface area contributed by atoms with Crippen molar-refractivity contribution in [1.82, 2.24) is 19.1 Å². The van der Waals surface area contributed by atoms with Gasteiger partial charge in [0, 0.05) is 27.2 Å². The lowest BCUT2D eigenvalue weighted by atomic mass is 10.1. The standard InChI is InChI=1S/C21H25N5O7/c1-6-8-25-14-10-22-20(23-11(3)27)24-18(14)26(21(25)30)19-17(32-13(5)29)9-16(33-19)15(7-2)31-12(4)28/h1,10,15-17,19H,7-9H2,2-5H3,(H,22,23,24,27)/t15?,16-,17+,19+/m0/s1. The van der Waals surface area contributed by atoms with E-state index < -0.39 is 48.1 Å². The van der Waals surface area contributed by atoms with Crippen LogP contribution in [0.1, 0.15) is 46.8 Å². The molecule has 2 aromatic heterocycles. The Labute approximate surface area is 189 Å². The maximum Gasteiger partial charge on any atom is 0.333 e. The summed E-state index contributed by atoms with van der Waals surface area (Å²) >= 11 is 0. The van der Waals surface area contributed by atoms with Gasteiger partial charge in [0.1, 0.15) is 23.8 Å². The molecule has 0 aromatic carbocycles. The molecule has 0 bridgehead atoms. The Hall–Kier alpha value is -3.72. The molecule has 0 spiro atoms. The molecule has 1 unspecified atom stereocenters. The number of amides is 1. The van der Waals surface area contributed by atoms with Gasteiger partial charge in [0.15, 0.2) is 11.9 Å². The quantitative estimate of drug-likeness (QED) is 0.468. The number of anilines is 1. The van der Waals surface area contributed by atoms with E-state index >= 15 is 0 Å². The fourth-order valence-corrected chi connectivity index (χ4v) is 3.84. The third-order valence-electron chi connectivity index (χ3n) is 5.05. The minimum atomic E-state index is -1.07. The second-order valence-corrected chi connectivity index (χ2v) is 7.53. The molecule has 1 saturated heterocycles. The van der Waals surface area contributed by atoms with Crippen molar-refractivity contribution in [2.75, 3.05) is 5.32 Å². The maximum absolute atomic E-state index is 13.3. The van der Waals surface area contributed by atoms with Gasteiger partial charge in [0.05, 0.1) is 12.7 Å². The monoisotopic (exact) mass is 459 g/mol. The van der Waals surface area contributed by atoms with E-state index in [0.29, 0.717) is 11.9 Å². The molecule has 2 aromatic rings. The highest BCUT2D eigenvalue weighted by atomic mass is 16.6. The Morgan fingerprint density at radius 1 is 1.33 bits per heavy atom. The number of rotatable bonds is 7. The van der Waals surface area contributed by atoms with Crippen LogP contribution in [-0.4, -0.2) is 55.3 Å². The van der Waals surface area contributed by atoms with Crippen LogP contribution in [0.25, 0.3) is 11.2 Å². The molecular formula is C21H25N5O7. The fourth-order valence-electron chi connectivity index (χ4n) is 3.84. The molecule has 1 N–H and O–H groups in total. The van der Waals surface area contributed by atoms with Crippen LogP contribution < -0.4 is 11.0 Å². The number of esters is 2. The lowest BCUT2D eigenvalue weighted by Crippen LogP contribution is -2.34. The van der Waals surface area contributed by atoms with Crippen molar-refractivity contribution in [3.63, 3.8) is 0 Å². The summed E-state index contributed by atoms with van der Waals surface area (Å²) in [5.74, 6) is 0.949. The third kappa shape index (κ3) is 5.04. The van der Waals surface area contributed by atoms with Crippen LogP contribution in [0, 0.1) is 12.3 Å². The van der Waals surface area contributed by atoms with Gasteiger partial charge in [-0.05, 0) is 6.42 Å². The number of fused-ring (bicyclic) bond motifs is 1. The molecule has 1 aliphatic heterocycles. The number of nitrogens with one attached hydrogen (secondary N) is 1. The molecular weight excluding hydrogens is 434 g/mol. The van der Waals surface area contributed by atoms with Crippen LogP contribution >= 0.6 is 0 Å². The summed E-state index contributed by atoms with van der Waals surface area (Å²) < 4.78 is 19.4. The fraction of sp³-hybridized carbons (Fsp3) is 0.524. The first-order chi connectivity index (χ1) is 15.7. The molecule has 3 heterocycles. The first-order valence-electron chi connectivity index (χ1n) is 10.3. The van der Waals surface area contributed by atoms with E-state index in [1.807, 2.05) is 6.92 Å². The SMILES string of the molecule is C#CCn1c(=O)n([C@@H]2O[C@H](C(CC)OC(C)=O)C[C@H]2OC(C)=O)c2nc(NC(C)=O)ncc21. The predicted octanol–water partition coefficient (Wildman–Crippen LogP) is 0.745. The van der Waals surface area contributed by atoms with E-state index in [1.54, 1.807) is 0 Å². The highest BCUT2D eigenvalue weighted by molar-refractivity contribution is 5.87. The number of hydrogen-bond acceptors (Lipinski definition) is 9. The van der Waals surface area contributed by atoms with Crippen LogP contribution in [-0.2, 0) is 35.1 Å². The normalized spacial score (nSPS) is 20.8. The average Bonchev–Trinajstić information content (AvgIpc) is 3.23. The van der Waals surface area contributed by atoms with Gasteiger partial charge in [0.25, 0.3) is 0 Å². The van der Waals surface area contributed by atoms with Crippen LogP contribution in [0.2, 0.25) is 0 Å². The lowest BCUT2D eigenvalue weighted by Gasteiger charge is -2.22. The molecule has 0 aliphatic carbocycles. The first-order valence-corrected chi connectivity index (χ1v) is 10.3. The molecule has 12 heteroatoms. The summed E-state index contributed by atoms with van der Waals surface area (Å²) in [6.07, 6.45) is 4.26. The zero-order valence-corrected chi connectivity index (χ0v) is 18.7.